The quantitative estimate of drug-likeness (QED) is 0.852. The summed E-state index contributed by atoms with van der Waals surface area (Å²) in [7, 11) is 1.61. The van der Waals surface area contributed by atoms with Gasteiger partial charge in [0.15, 0.2) is 0 Å². The molecule has 1 aliphatic rings. The van der Waals surface area contributed by atoms with Gasteiger partial charge in [0, 0.05) is 6.04 Å². The molecular formula is C14H18ClNO2. The Morgan fingerprint density at radius 1 is 1.33 bits per heavy atom. The van der Waals surface area contributed by atoms with E-state index >= 15 is 0 Å². The van der Waals surface area contributed by atoms with Gasteiger partial charge in [0.25, 0.3) is 0 Å². The van der Waals surface area contributed by atoms with Crippen molar-refractivity contribution < 1.29 is 9.53 Å². The molecule has 0 aromatic heterocycles. The molecule has 1 N–H and O–H groups in total. The first-order chi connectivity index (χ1) is 8.70. The minimum atomic E-state index is -0.628. The number of halogens is 1. The van der Waals surface area contributed by atoms with Crippen LogP contribution in [0.2, 0.25) is 0 Å². The predicted octanol–water partition coefficient (Wildman–Crippen LogP) is 3.03. The fourth-order valence-corrected chi connectivity index (χ4v) is 2.48. The van der Waals surface area contributed by atoms with Gasteiger partial charge in [-0.3, -0.25) is 4.79 Å². The van der Waals surface area contributed by atoms with Crippen LogP contribution < -0.4 is 10.1 Å². The Hall–Kier alpha value is -1.22. The molecule has 1 unspecified atom stereocenters. The van der Waals surface area contributed by atoms with E-state index in [4.69, 9.17) is 16.3 Å². The van der Waals surface area contributed by atoms with Gasteiger partial charge >= 0.3 is 0 Å². The van der Waals surface area contributed by atoms with Crippen LogP contribution in [0, 0.1) is 0 Å². The molecular weight excluding hydrogens is 250 g/mol. The van der Waals surface area contributed by atoms with Crippen LogP contribution in [0.25, 0.3) is 0 Å². The van der Waals surface area contributed by atoms with Crippen molar-refractivity contribution in [3.8, 4) is 5.75 Å². The van der Waals surface area contributed by atoms with Crippen LogP contribution in [-0.2, 0) is 4.79 Å². The van der Waals surface area contributed by atoms with Crippen molar-refractivity contribution in [2.45, 2.75) is 37.1 Å². The van der Waals surface area contributed by atoms with Crippen LogP contribution in [0.3, 0.4) is 0 Å². The number of ether oxygens (including phenoxy) is 1. The summed E-state index contributed by atoms with van der Waals surface area (Å²) in [6.45, 7) is 0. The van der Waals surface area contributed by atoms with Crippen molar-refractivity contribution >= 4 is 17.5 Å². The highest BCUT2D eigenvalue weighted by Crippen LogP contribution is 2.25. The maximum atomic E-state index is 12.0. The molecule has 0 aliphatic heterocycles. The van der Waals surface area contributed by atoms with E-state index in [1.807, 2.05) is 24.3 Å². The van der Waals surface area contributed by atoms with Gasteiger partial charge in [-0.15, -0.1) is 11.6 Å². The third-order valence-electron chi connectivity index (χ3n) is 3.34. The maximum absolute atomic E-state index is 12.0. The summed E-state index contributed by atoms with van der Waals surface area (Å²) in [4.78, 5) is 12.0. The lowest BCUT2D eigenvalue weighted by molar-refractivity contribution is -0.121. The van der Waals surface area contributed by atoms with E-state index in [0.29, 0.717) is 6.04 Å². The first-order valence-electron chi connectivity index (χ1n) is 6.29. The van der Waals surface area contributed by atoms with Crippen LogP contribution in [0.1, 0.15) is 36.6 Å². The number of carbonyl (C=O) groups excluding carboxylic acids is 1. The molecule has 2 rings (SSSR count). The second-order valence-corrected chi connectivity index (χ2v) is 5.06. The van der Waals surface area contributed by atoms with Crippen molar-refractivity contribution in [2.24, 2.45) is 0 Å². The number of hydrogen-bond acceptors (Lipinski definition) is 2. The zero-order valence-corrected chi connectivity index (χ0v) is 11.2. The van der Waals surface area contributed by atoms with Crippen LogP contribution in [0.15, 0.2) is 24.3 Å². The molecule has 1 aliphatic carbocycles. The van der Waals surface area contributed by atoms with Crippen molar-refractivity contribution in [3.05, 3.63) is 29.8 Å². The van der Waals surface area contributed by atoms with Gasteiger partial charge in [-0.1, -0.05) is 25.0 Å². The van der Waals surface area contributed by atoms with E-state index in [1.165, 1.54) is 12.8 Å². The van der Waals surface area contributed by atoms with Gasteiger partial charge in [-0.05, 0) is 30.5 Å². The molecule has 1 aromatic carbocycles. The molecule has 4 heteroatoms. The lowest BCUT2D eigenvalue weighted by Crippen LogP contribution is -2.34. The van der Waals surface area contributed by atoms with Crippen molar-refractivity contribution in [3.63, 3.8) is 0 Å². The predicted molar refractivity (Wildman–Crippen MR) is 72.0 cm³/mol. The Balaban J connectivity index is 1.95. The lowest BCUT2D eigenvalue weighted by atomic mass is 10.1. The van der Waals surface area contributed by atoms with Crippen molar-refractivity contribution in [1.82, 2.24) is 5.32 Å². The van der Waals surface area contributed by atoms with E-state index in [0.717, 1.165) is 24.2 Å². The second kappa shape index (κ2) is 6.10. The lowest BCUT2D eigenvalue weighted by Gasteiger charge is -2.15. The average Bonchev–Trinajstić information content (AvgIpc) is 2.91. The molecule has 0 heterocycles. The fourth-order valence-electron chi connectivity index (χ4n) is 2.27. The fraction of sp³-hybridized carbons (Fsp3) is 0.500. The summed E-state index contributed by atoms with van der Waals surface area (Å²) in [5, 5.41) is 2.38. The van der Waals surface area contributed by atoms with Gasteiger partial charge in [0.1, 0.15) is 11.1 Å². The Kier molecular flexibility index (Phi) is 4.48. The highest BCUT2D eigenvalue weighted by molar-refractivity contribution is 6.30. The second-order valence-electron chi connectivity index (χ2n) is 4.63. The molecule has 0 bridgehead atoms. The van der Waals surface area contributed by atoms with Gasteiger partial charge in [-0.2, -0.15) is 0 Å². The van der Waals surface area contributed by atoms with Crippen LogP contribution in [0.5, 0.6) is 5.75 Å². The van der Waals surface area contributed by atoms with E-state index < -0.39 is 5.38 Å². The number of hydrogen-bond donors (Lipinski definition) is 1. The van der Waals surface area contributed by atoms with E-state index in [-0.39, 0.29) is 5.91 Å². The number of benzene rings is 1. The van der Waals surface area contributed by atoms with Gasteiger partial charge < -0.3 is 10.1 Å². The van der Waals surface area contributed by atoms with E-state index in [2.05, 4.69) is 5.32 Å². The summed E-state index contributed by atoms with van der Waals surface area (Å²) in [6, 6.07) is 7.58. The highest BCUT2D eigenvalue weighted by atomic mass is 35.5. The van der Waals surface area contributed by atoms with Crippen LogP contribution >= 0.6 is 11.6 Å². The number of methoxy groups -OCH3 is 1. The number of alkyl halides is 1. The first kappa shape index (κ1) is 13.2. The molecule has 0 radical (unpaired) electrons. The minimum Gasteiger partial charge on any atom is -0.497 e. The molecule has 1 fully saturated rings. The first-order valence-corrected chi connectivity index (χ1v) is 6.73. The average molecular weight is 268 g/mol. The van der Waals surface area contributed by atoms with Crippen molar-refractivity contribution in [2.75, 3.05) is 7.11 Å². The van der Waals surface area contributed by atoms with Crippen LogP contribution in [0.4, 0.5) is 0 Å². The van der Waals surface area contributed by atoms with E-state index in [9.17, 15) is 4.79 Å². The number of rotatable bonds is 4. The Bertz CT molecular complexity index is 399. The highest BCUT2D eigenvalue weighted by Gasteiger charge is 2.22. The van der Waals surface area contributed by atoms with Gasteiger partial charge in [0.05, 0.1) is 7.11 Å². The summed E-state index contributed by atoms with van der Waals surface area (Å²) in [6.07, 6.45) is 4.52. The third-order valence-corrected chi connectivity index (χ3v) is 3.79. The van der Waals surface area contributed by atoms with Crippen molar-refractivity contribution in [1.29, 1.82) is 0 Å². The third kappa shape index (κ3) is 3.16. The minimum absolute atomic E-state index is 0.103. The summed E-state index contributed by atoms with van der Waals surface area (Å²) < 4.78 is 5.07. The number of carbonyl (C=O) groups is 1. The Morgan fingerprint density at radius 2 is 1.94 bits per heavy atom. The molecule has 98 valence electrons. The smallest absolute Gasteiger partial charge is 0.242 e. The largest absolute Gasteiger partial charge is 0.497 e. The summed E-state index contributed by atoms with van der Waals surface area (Å²) >= 11 is 6.18. The molecule has 0 spiro atoms. The van der Waals surface area contributed by atoms with Gasteiger partial charge in [0.2, 0.25) is 5.91 Å². The Labute approximate surface area is 112 Å². The zero-order chi connectivity index (χ0) is 13.0. The standard InChI is InChI=1S/C14H18ClNO2/c1-18-12-8-6-10(7-9-12)13(15)14(17)16-11-4-2-3-5-11/h6-9,11,13H,2-5H2,1H3,(H,16,17). The molecule has 18 heavy (non-hydrogen) atoms. The number of nitrogens with one attached hydrogen (secondary N) is 1. The summed E-state index contributed by atoms with van der Waals surface area (Å²) in [5.74, 6) is 0.660. The molecule has 0 saturated heterocycles. The SMILES string of the molecule is COc1ccc(C(Cl)C(=O)NC2CCCC2)cc1. The normalized spacial score (nSPS) is 17.4. The number of amides is 1. The molecule has 3 nitrogen and oxygen atoms in total. The van der Waals surface area contributed by atoms with Gasteiger partial charge in [-0.25, -0.2) is 0 Å². The molecule has 1 aromatic rings. The van der Waals surface area contributed by atoms with Crippen LogP contribution in [-0.4, -0.2) is 19.1 Å². The molecule has 1 saturated carbocycles. The molecule has 1 amide bonds. The summed E-state index contributed by atoms with van der Waals surface area (Å²) in [5.41, 5.74) is 0.799. The molecule has 1 atom stereocenters. The van der Waals surface area contributed by atoms with E-state index in [1.54, 1.807) is 7.11 Å². The topological polar surface area (TPSA) is 38.3 Å². The Morgan fingerprint density at radius 3 is 2.50 bits per heavy atom. The maximum Gasteiger partial charge on any atom is 0.242 e. The zero-order valence-electron chi connectivity index (χ0n) is 10.5. The monoisotopic (exact) mass is 267 g/mol.